The highest BCUT2D eigenvalue weighted by atomic mass is 32.2. The minimum absolute atomic E-state index is 0.391. The van der Waals surface area contributed by atoms with Crippen molar-refractivity contribution in [2.45, 2.75) is 42.8 Å². The Labute approximate surface area is 121 Å². The molecule has 1 aromatic rings. The third-order valence-electron chi connectivity index (χ3n) is 4.23. The van der Waals surface area contributed by atoms with Crippen LogP contribution in [0, 0.1) is 0 Å². The van der Waals surface area contributed by atoms with E-state index in [4.69, 9.17) is 0 Å². The second-order valence-corrected chi connectivity index (χ2v) is 8.02. The van der Waals surface area contributed by atoms with Crippen LogP contribution in [0.5, 0.6) is 0 Å². The summed E-state index contributed by atoms with van der Waals surface area (Å²) in [4.78, 5) is 2.98. The molecule has 0 bridgehead atoms. The summed E-state index contributed by atoms with van der Waals surface area (Å²) in [6, 6.07) is 8.62. The van der Waals surface area contributed by atoms with E-state index >= 15 is 0 Å². The minimum Gasteiger partial charge on any atom is -0.309 e. The maximum atomic E-state index is 11.4. The van der Waals surface area contributed by atoms with Crippen molar-refractivity contribution in [2.75, 3.05) is 19.3 Å². The second kappa shape index (κ2) is 5.47. The molecule has 5 heteroatoms. The van der Waals surface area contributed by atoms with E-state index in [9.17, 15) is 8.42 Å². The van der Waals surface area contributed by atoms with Crippen LogP contribution in [0.3, 0.4) is 0 Å². The summed E-state index contributed by atoms with van der Waals surface area (Å²) >= 11 is 0. The molecule has 4 nitrogen and oxygen atoms in total. The van der Waals surface area contributed by atoms with Crippen LogP contribution in [-0.4, -0.2) is 44.7 Å². The molecule has 3 rings (SSSR count). The van der Waals surface area contributed by atoms with Gasteiger partial charge in [0.25, 0.3) is 0 Å². The Balaban J connectivity index is 1.51. The highest BCUT2D eigenvalue weighted by Crippen LogP contribution is 2.29. The van der Waals surface area contributed by atoms with Crippen LogP contribution in [0.15, 0.2) is 29.2 Å². The van der Waals surface area contributed by atoms with Crippen molar-refractivity contribution in [3.05, 3.63) is 29.8 Å². The molecular weight excluding hydrogens is 272 g/mol. The lowest BCUT2D eigenvalue weighted by atomic mass is 10.2. The number of nitrogens with one attached hydrogen (secondary N) is 1. The molecule has 0 amide bonds. The van der Waals surface area contributed by atoms with Gasteiger partial charge in [-0.05, 0) is 37.0 Å². The lowest BCUT2D eigenvalue weighted by molar-refractivity contribution is 0.317. The molecule has 0 radical (unpaired) electrons. The van der Waals surface area contributed by atoms with E-state index in [1.165, 1.54) is 32.1 Å². The summed E-state index contributed by atoms with van der Waals surface area (Å²) in [5.74, 6) is 0. The van der Waals surface area contributed by atoms with Gasteiger partial charge in [0.05, 0.1) is 4.90 Å². The van der Waals surface area contributed by atoms with Gasteiger partial charge in [0.2, 0.25) is 0 Å². The maximum Gasteiger partial charge on any atom is 0.175 e. The average Bonchev–Trinajstić information content (AvgIpc) is 3.15. The fourth-order valence-electron chi connectivity index (χ4n) is 2.84. The second-order valence-electron chi connectivity index (χ2n) is 6.01. The molecule has 1 saturated heterocycles. The molecule has 2 fully saturated rings. The Hall–Kier alpha value is -0.910. The van der Waals surface area contributed by atoms with Crippen molar-refractivity contribution < 1.29 is 8.42 Å². The average molecular weight is 294 g/mol. The Kier molecular flexibility index (Phi) is 3.84. The van der Waals surface area contributed by atoms with Crippen LogP contribution in [0.4, 0.5) is 0 Å². The van der Waals surface area contributed by atoms with Crippen molar-refractivity contribution in [2.24, 2.45) is 0 Å². The van der Waals surface area contributed by atoms with Gasteiger partial charge in [0, 0.05) is 38.0 Å². The number of rotatable bonds is 5. The van der Waals surface area contributed by atoms with E-state index in [1.807, 2.05) is 12.1 Å². The molecule has 2 aliphatic rings. The molecule has 1 aliphatic carbocycles. The summed E-state index contributed by atoms with van der Waals surface area (Å²) in [6.07, 6.45) is 5.21. The van der Waals surface area contributed by atoms with Crippen LogP contribution in [0.2, 0.25) is 0 Å². The zero-order chi connectivity index (χ0) is 14.2. The molecule has 0 spiro atoms. The number of likely N-dealkylation sites (tertiary alicyclic amines) is 1. The zero-order valence-electron chi connectivity index (χ0n) is 11.9. The Morgan fingerprint density at radius 1 is 1.20 bits per heavy atom. The largest absolute Gasteiger partial charge is 0.309 e. The molecule has 1 aromatic carbocycles. The summed E-state index contributed by atoms with van der Waals surface area (Å²) in [5, 5.41) is 3.58. The maximum absolute atomic E-state index is 11.4. The summed E-state index contributed by atoms with van der Waals surface area (Å²) in [7, 11) is -3.09. The normalized spacial score (nSPS) is 24.1. The highest BCUT2D eigenvalue weighted by molar-refractivity contribution is 7.90. The smallest absolute Gasteiger partial charge is 0.175 e. The van der Waals surface area contributed by atoms with Gasteiger partial charge in [0.1, 0.15) is 0 Å². The molecule has 1 N–H and O–H groups in total. The lowest BCUT2D eigenvalue weighted by Crippen LogP contribution is -2.32. The van der Waals surface area contributed by atoms with Gasteiger partial charge in [-0.15, -0.1) is 0 Å². The van der Waals surface area contributed by atoms with E-state index in [0.717, 1.165) is 24.7 Å². The third kappa shape index (κ3) is 3.40. The molecule has 0 unspecified atom stereocenters. The first-order chi connectivity index (χ1) is 9.52. The number of sulfone groups is 1. The predicted octanol–water partition coefficient (Wildman–Crippen LogP) is 1.42. The fraction of sp³-hybridized carbons (Fsp3) is 0.600. The molecule has 1 saturated carbocycles. The molecule has 1 aliphatic heterocycles. The van der Waals surface area contributed by atoms with Crippen LogP contribution >= 0.6 is 0 Å². The molecule has 1 heterocycles. The highest BCUT2D eigenvalue weighted by Gasteiger charge is 2.33. The molecule has 110 valence electrons. The first-order valence-corrected chi connectivity index (χ1v) is 9.18. The molecule has 1 atom stereocenters. The topological polar surface area (TPSA) is 49.4 Å². The number of nitrogens with zero attached hydrogens (tertiary/aromatic N) is 1. The van der Waals surface area contributed by atoms with Crippen LogP contribution < -0.4 is 5.32 Å². The molecule has 20 heavy (non-hydrogen) atoms. The quantitative estimate of drug-likeness (QED) is 0.892. The van der Waals surface area contributed by atoms with E-state index in [2.05, 4.69) is 10.2 Å². The van der Waals surface area contributed by atoms with Gasteiger partial charge in [-0.2, -0.15) is 0 Å². The van der Waals surface area contributed by atoms with Gasteiger partial charge < -0.3 is 5.32 Å². The van der Waals surface area contributed by atoms with Gasteiger partial charge in [0.15, 0.2) is 9.84 Å². The summed E-state index contributed by atoms with van der Waals surface area (Å²) in [5.41, 5.74) is 1.14. The van der Waals surface area contributed by atoms with Gasteiger partial charge >= 0.3 is 0 Å². The Bertz CT molecular complexity index is 564. The van der Waals surface area contributed by atoms with Crippen LogP contribution in [-0.2, 0) is 16.4 Å². The van der Waals surface area contributed by atoms with Gasteiger partial charge in [-0.1, -0.05) is 12.1 Å². The minimum atomic E-state index is -3.09. The first-order valence-electron chi connectivity index (χ1n) is 7.29. The van der Waals surface area contributed by atoms with Crippen molar-refractivity contribution in [3.63, 3.8) is 0 Å². The zero-order valence-corrected chi connectivity index (χ0v) is 12.7. The van der Waals surface area contributed by atoms with E-state index < -0.39 is 9.84 Å². The third-order valence-corrected chi connectivity index (χ3v) is 5.36. The SMILES string of the molecule is CS(=O)(=O)c1ccc(CN[C@@H]2CCN(C3CC3)C2)cc1. The van der Waals surface area contributed by atoms with Crippen molar-refractivity contribution in [3.8, 4) is 0 Å². The van der Waals surface area contributed by atoms with E-state index in [0.29, 0.717) is 10.9 Å². The molecular formula is C15H22N2O2S. The molecule has 0 aromatic heterocycles. The Morgan fingerprint density at radius 2 is 1.90 bits per heavy atom. The fourth-order valence-corrected chi connectivity index (χ4v) is 3.47. The van der Waals surface area contributed by atoms with Crippen LogP contribution in [0.25, 0.3) is 0 Å². The van der Waals surface area contributed by atoms with Crippen LogP contribution in [0.1, 0.15) is 24.8 Å². The number of hydrogen-bond acceptors (Lipinski definition) is 4. The van der Waals surface area contributed by atoms with Crippen molar-refractivity contribution in [1.82, 2.24) is 10.2 Å². The summed E-state index contributed by atoms with van der Waals surface area (Å²) in [6.45, 7) is 3.19. The van der Waals surface area contributed by atoms with E-state index in [-0.39, 0.29) is 0 Å². The Morgan fingerprint density at radius 3 is 2.50 bits per heavy atom. The number of hydrogen-bond donors (Lipinski definition) is 1. The van der Waals surface area contributed by atoms with Gasteiger partial charge in [-0.3, -0.25) is 4.90 Å². The summed E-state index contributed by atoms with van der Waals surface area (Å²) < 4.78 is 22.8. The standard InChI is InChI=1S/C15H22N2O2S/c1-20(18,19)15-6-2-12(3-7-15)10-16-13-8-9-17(11-13)14-4-5-14/h2-3,6-7,13-14,16H,4-5,8-11H2,1H3/t13-/m1/s1. The predicted molar refractivity (Wildman–Crippen MR) is 79.4 cm³/mol. The number of benzene rings is 1. The van der Waals surface area contributed by atoms with Crippen molar-refractivity contribution >= 4 is 9.84 Å². The van der Waals surface area contributed by atoms with Crippen molar-refractivity contribution in [1.29, 1.82) is 0 Å². The van der Waals surface area contributed by atoms with Gasteiger partial charge in [-0.25, -0.2) is 8.42 Å². The lowest BCUT2D eigenvalue weighted by Gasteiger charge is -2.15. The van der Waals surface area contributed by atoms with E-state index in [1.54, 1.807) is 12.1 Å². The first kappa shape index (κ1) is 14.0. The monoisotopic (exact) mass is 294 g/mol.